The highest BCUT2D eigenvalue weighted by atomic mass is 32.2. The van der Waals surface area contributed by atoms with Gasteiger partial charge in [-0.15, -0.1) is 0 Å². The molecule has 0 aromatic heterocycles. The van der Waals surface area contributed by atoms with Crippen LogP contribution in [0.25, 0.3) is 0 Å². The maximum absolute atomic E-state index is 12.3. The molecule has 4 heteroatoms. The lowest BCUT2D eigenvalue weighted by atomic mass is 9.96. The molecular formula is C13H19NO2S. The lowest BCUT2D eigenvalue weighted by Crippen LogP contribution is -2.38. The molecule has 1 aliphatic heterocycles. The number of sulfonamides is 1. The number of hydrogen-bond donors (Lipinski definition) is 0. The molecule has 0 radical (unpaired) electrons. The average molecular weight is 253 g/mol. The van der Waals surface area contributed by atoms with Crippen LogP contribution in [-0.4, -0.2) is 25.8 Å². The summed E-state index contributed by atoms with van der Waals surface area (Å²) in [5.74, 6) is 0.692. The van der Waals surface area contributed by atoms with Crippen molar-refractivity contribution >= 4 is 10.0 Å². The monoisotopic (exact) mass is 253 g/mol. The van der Waals surface area contributed by atoms with E-state index in [1.807, 2.05) is 6.07 Å². The fraction of sp³-hybridized carbons (Fsp3) is 0.538. The summed E-state index contributed by atoms with van der Waals surface area (Å²) in [6, 6.07) is 8.71. The molecular weight excluding hydrogens is 234 g/mol. The molecule has 1 heterocycles. The van der Waals surface area contributed by atoms with Gasteiger partial charge in [-0.05, 0) is 30.9 Å². The van der Waals surface area contributed by atoms with Gasteiger partial charge in [0.15, 0.2) is 0 Å². The van der Waals surface area contributed by atoms with Gasteiger partial charge in [0, 0.05) is 13.1 Å². The number of nitrogens with zero attached hydrogens (tertiary/aromatic N) is 1. The zero-order valence-electron chi connectivity index (χ0n) is 10.2. The second-order valence-electron chi connectivity index (χ2n) is 4.57. The van der Waals surface area contributed by atoms with Gasteiger partial charge in [0.1, 0.15) is 0 Å². The van der Waals surface area contributed by atoms with Crippen molar-refractivity contribution in [1.82, 2.24) is 4.31 Å². The van der Waals surface area contributed by atoms with Crippen molar-refractivity contribution in [2.45, 2.75) is 31.1 Å². The van der Waals surface area contributed by atoms with Crippen LogP contribution in [-0.2, 0) is 10.0 Å². The van der Waals surface area contributed by atoms with E-state index in [1.165, 1.54) is 0 Å². The first kappa shape index (κ1) is 12.6. The molecule has 3 nitrogen and oxygen atoms in total. The van der Waals surface area contributed by atoms with Crippen LogP contribution in [0.1, 0.15) is 26.2 Å². The lowest BCUT2D eigenvalue weighted by Gasteiger charge is -2.30. The third kappa shape index (κ3) is 2.69. The van der Waals surface area contributed by atoms with Crippen LogP contribution in [0.4, 0.5) is 0 Å². The summed E-state index contributed by atoms with van der Waals surface area (Å²) >= 11 is 0. The molecule has 0 amide bonds. The van der Waals surface area contributed by atoms with Gasteiger partial charge in [0.05, 0.1) is 4.90 Å². The molecule has 0 aliphatic carbocycles. The molecule has 17 heavy (non-hydrogen) atoms. The summed E-state index contributed by atoms with van der Waals surface area (Å²) in [7, 11) is -3.26. The van der Waals surface area contributed by atoms with Crippen molar-refractivity contribution in [3.8, 4) is 0 Å². The summed E-state index contributed by atoms with van der Waals surface area (Å²) in [4.78, 5) is 0.412. The van der Waals surface area contributed by atoms with Crippen molar-refractivity contribution in [2.24, 2.45) is 5.92 Å². The molecule has 1 fully saturated rings. The SMILES string of the molecule is CCC1CCN(S(=O)(=O)c2ccccc2)CC1. The first-order valence-electron chi connectivity index (χ1n) is 6.20. The third-order valence-corrected chi connectivity index (χ3v) is 5.44. The summed E-state index contributed by atoms with van der Waals surface area (Å²) in [5.41, 5.74) is 0. The first-order chi connectivity index (χ1) is 8.14. The van der Waals surface area contributed by atoms with E-state index in [9.17, 15) is 8.42 Å². The minimum atomic E-state index is -3.26. The van der Waals surface area contributed by atoms with Crippen LogP contribution in [0.5, 0.6) is 0 Å². The van der Waals surface area contributed by atoms with Crippen LogP contribution in [0, 0.1) is 5.92 Å². The van der Waals surface area contributed by atoms with Crippen LogP contribution in [0.15, 0.2) is 35.2 Å². The van der Waals surface area contributed by atoms with Gasteiger partial charge >= 0.3 is 0 Å². The zero-order valence-corrected chi connectivity index (χ0v) is 11.0. The Bertz CT molecular complexity index is 448. The Labute approximate surface area is 104 Å². The Hall–Kier alpha value is -0.870. The van der Waals surface area contributed by atoms with E-state index >= 15 is 0 Å². The van der Waals surface area contributed by atoms with E-state index in [-0.39, 0.29) is 0 Å². The van der Waals surface area contributed by atoms with Gasteiger partial charge in [-0.2, -0.15) is 4.31 Å². The quantitative estimate of drug-likeness (QED) is 0.830. The molecule has 1 aromatic carbocycles. The maximum Gasteiger partial charge on any atom is 0.243 e. The van der Waals surface area contributed by atoms with Gasteiger partial charge in [0.25, 0.3) is 0 Å². The lowest BCUT2D eigenvalue weighted by molar-refractivity contribution is 0.269. The van der Waals surface area contributed by atoms with Crippen LogP contribution >= 0.6 is 0 Å². The Morgan fingerprint density at radius 3 is 2.29 bits per heavy atom. The van der Waals surface area contributed by atoms with Gasteiger partial charge in [-0.25, -0.2) is 8.42 Å². The second-order valence-corrected chi connectivity index (χ2v) is 6.51. The number of piperidine rings is 1. The molecule has 0 atom stereocenters. The predicted octanol–water partition coefficient (Wildman–Crippen LogP) is 2.50. The van der Waals surface area contributed by atoms with E-state index in [1.54, 1.807) is 28.6 Å². The summed E-state index contributed by atoms with van der Waals surface area (Å²) in [6.45, 7) is 3.50. The predicted molar refractivity (Wildman–Crippen MR) is 68.2 cm³/mol. The molecule has 2 rings (SSSR count). The summed E-state index contributed by atoms with van der Waals surface area (Å²) in [6.07, 6.45) is 3.13. The van der Waals surface area contributed by atoms with Crippen LogP contribution < -0.4 is 0 Å². The van der Waals surface area contributed by atoms with E-state index in [0.717, 1.165) is 19.3 Å². The number of hydrogen-bond acceptors (Lipinski definition) is 2. The normalized spacial score (nSPS) is 19.4. The summed E-state index contributed by atoms with van der Waals surface area (Å²) in [5, 5.41) is 0. The third-order valence-electron chi connectivity index (χ3n) is 3.53. The van der Waals surface area contributed by atoms with Gasteiger partial charge in [-0.1, -0.05) is 31.5 Å². The van der Waals surface area contributed by atoms with Crippen molar-refractivity contribution in [2.75, 3.05) is 13.1 Å². The molecule has 0 N–H and O–H groups in total. The molecule has 0 bridgehead atoms. The Balaban J connectivity index is 2.13. The Kier molecular flexibility index (Phi) is 3.84. The molecule has 0 unspecified atom stereocenters. The van der Waals surface area contributed by atoms with Crippen LogP contribution in [0.2, 0.25) is 0 Å². The van der Waals surface area contributed by atoms with E-state index in [0.29, 0.717) is 23.9 Å². The summed E-state index contributed by atoms with van der Waals surface area (Å²) < 4.78 is 26.2. The highest BCUT2D eigenvalue weighted by Gasteiger charge is 2.28. The minimum absolute atomic E-state index is 0.412. The fourth-order valence-electron chi connectivity index (χ4n) is 2.30. The Morgan fingerprint density at radius 2 is 1.76 bits per heavy atom. The van der Waals surface area contributed by atoms with Gasteiger partial charge in [0.2, 0.25) is 10.0 Å². The van der Waals surface area contributed by atoms with Crippen molar-refractivity contribution in [1.29, 1.82) is 0 Å². The highest BCUT2D eigenvalue weighted by molar-refractivity contribution is 7.89. The Morgan fingerprint density at radius 1 is 1.18 bits per heavy atom. The smallest absolute Gasteiger partial charge is 0.207 e. The molecule has 1 aromatic rings. The second kappa shape index (κ2) is 5.19. The standard InChI is InChI=1S/C13H19NO2S/c1-2-12-8-10-14(11-9-12)17(15,16)13-6-4-3-5-7-13/h3-7,12H,2,8-11H2,1H3. The number of benzene rings is 1. The zero-order chi connectivity index (χ0) is 12.3. The minimum Gasteiger partial charge on any atom is -0.207 e. The van der Waals surface area contributed by atoms with Crippen molar-refractivity contribution < 1.29 is 8.42 Å². The largest absolute Gasteiger partial charge is 0.243 e. The topological polar surface area (TPSA) is 37.4 Å². The number of rotatable bonds is 3. The maximum atomic E-state index is 12.3. The average Bonchev–Trinajstić information content (AvgIpc) is 2.40. The van der Waals surface area contributed by atoms with E-state index < -0.39 is 10.0 Å². The fourth-order valence-corrected chi connectivity index (χ4v) is 3.79. The van der Waals surface area contributed by atoms with E-state index in [2.05, 4.69) is 6.92 Å². The van der Waals surface area contributed by atoms with E-state index in [4.69, 9.17) is 0 Å². The van der Waals surface area contributed by atoms with Crippen molar-refractivity contribution in [3.63, 3.8) is 0 Å². The molecule has 94 valence electrons. The van der Waals surface area contributed by atoms with Gasteiger partial charge < -0.3 is 0 Å². The molecule has 0 saturated carbocycles. The molecule has 0 spiro atoms. The first-order valence-corrected chi connectivity index (χ1v) is 7.64. The molecule has 1 aliphatic rings. The highest BCUT2D eigenvalue weighted by Crippen LogP contribution is 2.25. The van der Waals surface area contributed by atoms with Crippen molar-refractivity contribution in [3.05, 3.63) is 30.3 Å². The molecule has 1 saturated heterocycles. The van der Waals surface area contributed by atoms with Crippen LogP contribution in [0.3, 0.4) is 0 Å². The van der Waals surface area contributed by atoms with Gasteiger partial charge in [-0.3, -0.25) is 0 Å².